The van der Waals surface area contributed by atoms with Gasteiger partial charge in [-0.1, -0.05) is 24.3 Å². The molecule has 0 saturated carbocycles. The van der Waals surface area contributed by atoms with E-state index < -0.39 is 23.8 Å². The van der Waals surface area contributed by atoms with E-state index in [4.69, 9.17) is 10.2 Å². The van der Waals surface area contributed by atoms with E-state index in [1.165, 1.54) is 0 Å². The van der Waals surface area contributed by atoms with Crippen LogP contribution in [0, 0.1) is 0 Å². The number of hydrogen-bond donors (Lipinski definition) is 4. The topological polar surface area (TPSA) is 133 Å². The van der Waals surface area contributed by atoms with Gasteiger partial charge in [0.05, 0.1) is 0 Å². The van der Waals surface area contributed by atoms with E-state index in [0.717, 1.165) is 11.1 Å². The molecule has 0 heterocycles. The van der Waals surface area contributed by atoms with Gasteiger partial charge in [0.2, 0.25) is 0 Å². The van der Waals surface area contributed by atoms with Gasteiger partial charge in [-0.25, -0.2) is 9.59 Å². The maximum atomic E-state index is 11.1. The van der Waals surface area contributed by atoms with Crippen LogP contribution in [0.4, 0.5) is 11.4 Å². The van der Waals surface area contributed by atoms with Gasteiger partial charge in [-0.2, -0.15) is 0 Å². The summed E-state index contributed by atoms with van der Waals surface area (Å²) < 4.78 is 0. The van der Waals surface area contributed by atoms with Crippen molar-refractivity contribution in [2.45, 2.75) is 0 Å². The second kappa shape index (κ2) is 7.05. The number of rotatable bonds is 3. The summed E-state index contributed by atoms with van der Waals surface area (Å²) in [6, 6.07) is 12.9. The Hall–Kier alpha value is -3.68. The Balaban J connectivity index is 2.09. The SMILES string of the molecule is O=C(O)C(=O)Nc1ccc(-c2ccc(NC(=O)C(=O)O)cc2)cc1. The van der Waals surface area contributed by atoms with Crippen molar-refractivity contribution in [3.63, 3.8) is 0 Å². The third kappa shape index (κ3) is 4.17. The molecule has 0 saturated heterocycles. The molecule has 122 valence electrons. The highest BCUT2D eigenvalue weighted by Crippen LogP contribution is 2.23. The van der Waals surface area contributed by atoms with Crippen molar-refractivity contribution >= 4 is 35.1 Å². The van der Waals surface area contributed by atoms with Gasteiger partial charge in [-0.05, 0) is 35.4 Å². The molecule has 24 heavy (non-hydrogen) atoms. The fourth-order valence-corrected chi connectivity index (χ4v) is 1.86. The molecule has 2 aromatic rings. The first-order valence-corrected chi connectivity index (χ1v) is 6.66. The Morgan fingerprint density at radius 2 is 0.875 bits per heavy atom. The molecule has 8 nitrogen and oxygen atoms in total. The van der Waals surface area contributed by atoms with Crippen LogP contribution < -0.4 is 10.6 Å². The predicted molar refractivity (Wildman–Crippen MR) is 84.4 cm³/mol. The van der Waals surface area contributed by atoms with Crippen molar-refractivity contribution in [3.8, 4) is 11.1 Å². The molecule has 0 bridgehead atoms. The minimum Gasteiger partial charge on any atom is -0.474 e. The van der Waals surface area contributed by atoms with E-state index in [0.29, 0.717) is 11.4 Å². The average molecular weight is 328 g/mol. The normalized spacial score (nSPS) is 9.83. The lowest BCUT2D eigenvalue weighted by Gasteiger charge is -2.07. The molecule has 0 aliphatic heterocycles. The third-order valence-corrected chi connectivity index (χ3v) is 3.01. The largest absolute Gasteiger partial charge is 0.474 e. The second-order valence-electron chi connectivity index (χ2n) is 4.67. The van der Waals surface area contributed by atoms with Crippen LogP contribution in [0.5, 0.6) is 0 Å². The number of carbonyl (C=O) groups is 4. The summed E-state index contributed by atoms with van der Waals surface area (Å²) in [5.41, 5.74) is 2.27. The molecule has 0 aromatic heterocycles. The van der Waals surface area contributed by atoms with Crippen LogP contribution in [0.3, 0.4) is 0 Å². The number of carboxylic acid groups (broad SMARTS) is 2. The first-order chi connectivity index (χ1) is 11.4. The van der Waals surface area contributed by atoms with E-state index in [2.05, 4.69) is 10.6 Å². The number of carbonyl (C=O) groups excluding carboxylic acids is 2. The van der Waals surface area contributed by atoms with Crippen molar-refractivity contribution in [1.29, 1.82) is 0 Å². The number of aliphatic carboxylic acids is 2. The van der Waals surface area contributed by atoms with Crippen LogP contribution in [0.15, 0.2) is 48.5 Å². The van der Waals surface area contributed by atoms with Crippen LogP contribution in [0.1, 0.15) is 0 Å². The Morgan fingerprint density at radius 3 is 1.12 bits per heavy atom. The van der Waals surface area contributed by atoms with E-state index in [1.54, 1.807) is 48.5 Å². The molecule has 0 unspecified atom stereocenters. The quantitative estimate of drug-likeness (QED) is 0.629. The molecule has 8 heteroatoms. The Morgan fingerprint density at radius 1 is 0.583 bits per heavy atom. The van der Waals surface area contributed by atoms with Gasteiger partial charge in [-0.15, -0.1) is 0 Å². The summed E-state index contributed by atoms with van der Waals surface area (Å²) in [4.78, 5) is 43.0. The predicted octanol–water partition coefficient (Wildman–Crippen LogP) is 1.40. The molecular formula is C16H12N2O6. The maximum absolute atomic E-state index is 11.1. The fourth-order valence-electron chi connectivity index (χ4n) is 1.86. The average Bonchev–Trinajstić information content (AvgIpc) is 2.56. The molecule has 0 fully saturated rings. The summed E-state index contributed by atoms with van der Waals surface area (Å²) in [7, 11) is 0. The molecule has 4 N–H and O–H groups in total. The lowest BCUT2D eigenvalue weighted by Crippen LogP contribution is -2.21. The lowest BCUT2D eigenvalue weighted by atomic mass is 10.0. The van der Waals surface area contributed by atoms with Crippen LogP contribution in [0.2, 0.25) is 0 Å². The molecule has 2 rings (SSSR count). The Labute approximate surface area is 135 Å². The zero-order valence-electron chi connectivity index (χ0n) is 12.1. The van der Waals surface area contributed by atoms with Crippen LogP contribution in [-0.4, -0.2) is 34.0 Å². The monoisotopic (exact) mass is 328 g/mol. The van der Waals surface area contributed by atoms with Crippen molar-refractivity contribution in [1.82, 2.24) is 0 Å². The second-order valence-corrected chi connectivity index (χ2v) is 4.67. The van der Waals surface area contributed by atoms with Crippen LogP contribution in [-0.2, 0) is 19.2 Å². The highest BCUT2D eigenvalue weighted by Gasteiger charge is 2.12. The summed E-state index contributed by atoms with van der Waals surface area (Å²) >= 11 is 0. The minimum absolute atomic E-state index is 0.344. The molecule has 0 spiro atoms. The lowest BCUT2D eigenvalue weighted by molar-refractivity contribution is -0.147. The highest BCUT2D eigenvalue weighted by atomic mass is 16.4. The number of benzene rings is 2. The standard InChI is InChI=1S/C16H12N2O6/c19-13(15(21)22)17-11-5-1-9(2-6-11)10-3-7-12(8-4-10)18-14(20)16(23)24/h1-8H,(H,17,19)(H,18,20)(H,21,22)(H,23,24). The molecule has 2 aromatic carbocycles. The molecule has 0 aliphatic carbocycles. The van der Waals surface area contributed by atoms with Gasteiger partial charge in [-0.3, -0.25) is 9.59 Å². The van der Waals surface area contributed by atoms with Gasteiger partial charge in [0.25, 0.3) is 0 Å². The first-order valence-electron chi connectivity index (χ1n) is 6.66. The molecule has 2 amide bonds. The summed E-state index contributed by atoms with van der Waals surface area (Å²) in [6.07, 6.45) is 0. The summed E-state index contributed by atoms with van der Waals surface area (Å²) in [5.74, 6) is -5.39. The third-order valence-electron chi connectivity index (χ3n) is 3.01. The van der Waals surface area contributed by atoms with Gasteiger partial charge in [0.15, 0.2) is 0 Å². The zero-order valence-corrected chi connectivity index (χ0v) is 12.1. The van der Waals surface area contributed by atoms with Crippen molar-refractivity contribution in [2.75, 3.05) is 10.6 Å². The van der Waals surface area contributed by atoms with E-state index >= 15 is 0 Å². The Bertz CT molecular complexity index is 727. The van der Waals surface area contributed by atoms with Crippen molar-refractivity contribution < 1.29 is 29.4 Å². The van der Waals surface area contributed by atoms with E-state index in [9.17, 15) is 19.2 Å². The smallest absolute Gasteiger partial charge is 0.394 e. The number of nitrogens with one attached hydrogen (secondary N) is 2. The number of amides is 2. The minimum atomic E-state index is -1.57. The summed E-state index contributed by atoms with van der Waals surface area (Å²) in [5, 5.41) is 21.5. The van der Waals surface area contributed by atoms with Crippen molar-refractivity contribution in [3.05, 3.63) is 48.5 Å². The zero-order chi connectivity index (χ0) is 17.7. The highest BCUT2D eigenvalue weighted by molar-refractivity contribution is 6.36. The van der Waals surface area contributed by atoms with Crippen molar-refractivity contribution in [2.24, 2.45) is 0 Å². The molecular weight excluding hydrogens is 316 g/mol. The molecule has 0 aliphatic rings. The first kappa shape index (κ1) is 16.7. The molecule has 0 radical (unpaired) electrons. The Kier molecular flexibility index (Phi) is 4.90. The van der Waals surface area contributed by atoms with Gasteiger partial charge in [0.1, 0.15) is 0 Å². The number of hydrogen-bond acceptors (Lipinski definition) is 4. The maximum Gasteiger partial charge on any atom is 0.394 e. The van der Waals surface area contributed by atoms with Gasteiger partial charge < -0.3 is 20.8 Å². The number of carboxylic acids is 2. The summed E-state index contributed by atoms with van der Waals surface area (Å²) in [6.45, 7) is 0. The van der Waals surface area contributed by atoms with E-state index in [-0.39, 0.29) is 0 Å². The fraction of sp³-hybridized carbons (Fsp3) is 0. The van der Waals surface area contributed by atoms with Crippen LogP contribution >= 0.6 is 0 Å². The number of anilines is 2. The van der Waals surface area contributed by atoms with E-state index in [1.807, 2.05) is 0 Å². The van der Waals surface area contributed by atoms with Gasteiger partial charge in [0, 0.05) is 11.4 Å². The van der Waals surface area contributed by atoms with Gasteiger partial charge >= 0.3 is 23.8 Å². The molecule has 0 atom stereocenters. The van der Waals surface area contributed by atoms with Crippen LogP contribution in [0.25, 0.3) is 11.1 Å².